The van der Waals surface area contributed by atoms with Gasteiger partial charge in [-0.2, -0.15) is 0 Å². The molecule has 30 heavy (non-hydrogen) atoms. The van der Waals surface area contributed by atoms with E-state index in [1.807, 2.05) is 35.8 Å². The monoisotopic (exact) mass is 526 g/mol. The molecule has 3 heterocycles. The zero-order valence-electron chi connectivity index (χ0n) is 17.5. The minimum absolute atomic E-state index is 0. The van der Waals surface area contributed by atoms with Crippen LogP contribution >= 0.6 is 24.0 Å². The SMILES string of the molecule is CN=C(NCCCc1nnc2ccccn12)N1CCN(CC(=O)NC2CC2)CC1.I. The zero-order chi connectivity index (χ0) is 20.1. The molecule has 0 bridgehead atoms. The normalized spacial score (nSPS) is 17.6. The van der Waals surface area contributed by atoms with Crippen LogP contribution in [0.15, 0.2) is 29.4 Å². The minimum Gasteiger partial charge on any atom is -0.356 e. The van der Waals surface area contributed by atoms with Crippen molar-refractivity contribution in [2.24, 2.45) is 4.99 Å². The van der Waals surface area contributed by atoms with Gasteiger partial charge in [-0.3, -0.25) is 19.1 Å². The van der Waals surface area contributed by atoms with Crippen molar-refractivity contribution in [3.05, 3.63) is 30.2 Å². The third-order valence-corrected chi connectivity index (χ3v) is 5.44. The van der Waals surface area contributed by atoms with Crippen molar-refractivity contribution in [1.29, 1.82) is 0 Å². The first kappa shape index (κ1) is 22.7. The number of pyridine rings is 1. The van der Waals surface area contributed by atoms with Crippen LogP contribution in [0.2, 0.25) is 0 Å². The average molecular weight is 526 g/mol. The fraction of sp³-hybridized carbons (Fsp3) is 0.600. The Morgan fingerprint density at radius 2 is 2.00 bits per heavy atom. The maximum Gasteiger partial charge on any atom is 0.234 e. The highest BCUT2D eigenvalue weighted by molar-refractivity contribution is 14.0. The van der Waals surface area contributed by atoms with E-state index in [2.05, 4.69) is 35.6 Å². The highest BCUT2D eigenvalue weighted by Gasteiger charge is 2.25. The topological polar surface area (TPSA) is 90.2 Å². The summed E-state index contributed by atoms with van der Waals surface area (Å²) in [6, 6.07) is 6.36. The van der Waals surface area contributed by atoms with Crippen molar-refractivity contribution in [1.82, 2.24) is 35.0 Å². The molecule has 2 N–H and O–H groups in total. The predicted molar refractivity (Wildman–Crippen MR) is 127 cm³/mol. The Bertz CT molecular complexity index is 857. The number of hydrogen-bond acceptors (Lipinski definition) is 5. The second-order valence-corrected chi connectivity index (χ2v) is 7.73. The predicted octanol–water partition coefficient (Wildman–Crippen LogP) is 0.751. The highest BCUT2D eigenvalue weighted by Crippen LogP contribution is 2.18. The molecule has 1 aliphatic heterocycles. The summed E-state index contributed by atoms with van der Waals surface area (Å²) in [5, 5.41) is 15.0. The molecule has 9 nitrogen and oxygen atoms in total. The van der Waals surface area contributed by atoms with Gasteiger partial charge in [0.05, 0.1) is 6.54 Å². The van der Waals surface area contributed by atoms with Crippen LogP contribution in [-0.2, 0) is 11.2 Å². The largest absolute Gasteiger partial charge is 0.356 e. The lowest BCUT2D eigenvalue weighted by Gasteiger charge is -2.36. The van der Waals surface area contributed by atoms with Gasteiger partial charge in [-0.1, -0.05) is 6.07 Å². The summed E-state index contributed by atoms with van der Waals surface area (Å²) in [5.41, 5.74) is 0.884. The Kier molecular flexibility index (Phi) is 8.25. The number of nitrogens with zero attached hydrogens (tertiary/aromatic N) is 6. The maximum atomic E-state index is 12.0. The van der Waals surface area contributed by atoms with Crippen molar-refractivity contribution in [2.45, 2.75) is 31.7 Å². The van der Waals surface area contributed by atoms with E-state index in [0.29, 0.717) is 12.6 Å². The number of aliphatic imine (C=N–C) groups is 1. The lowest BCUT2D eigenvalue weighted by Crippen LogP contribution is -2.54. The number of nitrogens with one attached hydrogen (secondary N) is 2. The van der Waals surface area contributed by atoms with E-state index >= 15 is 0 Å². The van der Waals surface area contributed by atoms with Gasteiger partial charge >= 0.3 is 0 Å². The molecule has 2 aromatic heterocycles. The molecule has 4 rings (SSSR count). The third-order valence-electron chi connectivity index (χ3n) is 5.44. The molecule has 0 radical (unpaired) electrons. The Labute approximate surface area is 194 Å². The molecule has 1 aliphatic carbocycles. The molecule has 0 atom stereocenters. The van der Waals surface area contributed by atoms with Crippen molar-refractivity contribution in [3.8, 4) is 0 Å². The molecule has 10 heteroatoms. The van der Waals surface area contributed by atoms with Gasteiger partial charge in [0.1, 0.15) is 5.82 Å². The van der Waals surface area contributed by atoms with Crippen LogP contribution in [0.3, 0.4) is 0 Å². The number of amides is 1. The van der Waals surface area contributed by atoms with Crippen LogP contribution in [-0.4, -0.2) is 88.6 Å². The third kappa shape index (κ3) is 6.03. The van der Waals surface area contributed by atoms with Crippen molar-refractivity contribution < 1.29 is 4.79 Å². The molecular weight excluding hydrogens is 495 g/mol. The lowest BCUT2D eigenvalue weighted by molar-refractivity contribution is -0.122. The second-order valence-electron chi connectivity index (χ2n) is 7.73. The van der Waals surface area contributed by atoms with Gasteiger partial charge in [-0.15, -0.1) is 34.2 Å². The van der Waals surface area contributed by atoms with Crippen LogP contribution in [0.25, 0.3) is 5.65 Å². The van der Waals surface area contributed by atoms with Crippen molar-refractivity contribution in [2.75, 3.05) is 46.3 Å². The molecule has 0 aromatic carbocycles. The van der Waals surface area contributed by atoms with Crippen molar-refractivity contribution in [3.63, 3.8) is 0 Å². The fourth-order valence-electron chi connectivity index (χ4n) is 3.66. The van der Waals surface area contributed by atoms with E-state index in [9.17, 15) is 4.79 Å². The molecule has 0 spiro atoms. The van der Waals surface area contributed by atoms with Gasteiger partial charge in [-0.05, 0) is 31.4 Å². The number of aromatic nitrogens is 3. The quantitative estimate of drug-likeness (QED) is 0.240. The van der Waals surface area contributed by atoms with Crippen LogP contribution < -0.4 is 10.6 Å². The number of halogens is 1. The summed E-state index contributed by atoms with van der Waals surface area (Å²) < 4.78 is 2.04. The van der Waals surface area contributed by atoms with Gasteiger partial charge in [0.2, 0.25) is 5.91 Å². The smallest absolute Gasteiger partial charge is 0.234 e. The minimum atomic E-state index is 0. The average Bonchev–Trinajstić information content (AvgIpc) is 3.46. The van der Waals surface area contributed by atoms with E-state index < -0.39 is 0 Å². The highest BCUT2D eigenvalue weighted by atomic mass is 127. The van der Waals surface area contributed by atoms with E-state index in [1.165, 1.54) is 0 Å². The van der Waals surface area contributed by atoms with Gasteiger partial charge in [0.25, 0.3) is 0 Å². The van der Waals surface area contributed by atoms with E-state index in [1.54, 1.807) is 0 Å². The number of piperazine rings is 1. The van der Waals surface area contributed by atoms with E-state index in [0.717, 1.165) is 75.8 Å². The molecule has 164 valence electrons. The van der Waals surface area contributed by atoms with Crippen molar-refractivity contribution >= 4 is 41.5 Å². The van der Waals surface area contributed by atoms with Gasteiger partial charge < -0.3 is 15.5 Å². The number of rotatable bonds is 7. The molecule has 1 saturated carbocycles. The summed E-state index contributed by atoms with van der Waals surface area (Å²) in [7, 11) is 1.82. The zero-order valence-corrected chi connectivity index (χ0v) is 19.8. The Morgan fingerprint density at radius 1 is 1.20 bits per heavy atom. The van der Waals surface area contributed by atoms with E-state index in [4.69, 9.17) is 0 Å². The van der Waals surface area contributed by atoms with E-state index in [-0.39, 0.29) is 29.9 Å². The molecule has 0 unspecified atom stereocenters. The molecule has 2 fully saturated rings. The molecule has 1 saturated heterocycles. The fourth-order valence-corrected chi connectivity index (χ4v) is 3.66. The first-order valence-corrected chi connectivity index (χ1v) is 10.5. The molecule has 1 amide bonds. The Morgan fingerprint density at radius 3 is 2.73 bits per heavy atom. The standard InChI is InChI=1S/C20H30N8O.HI/c1-21-20(22-9-4-6-18-25-24-17-5-2-3-10-28(17)18)27-13-11-26(12-14-27)15-19(29)23-16-7-8-16;/h2-3,5,10,16H,4,6-9,11-15H2,1H3,(H,21,22)(H,23,29);1H. The molecule has 2 aromatic rings. The van der Waals surface area contributed by atoms with Crippen LogP contribution in [0.1, 0.15) is 25.1 Å². The first-order chi connectivity index (χ1) is 14.2. The number of hydrogen-bond donors (Lipinski definition) is 2. The Balaban J connectivity index is 0.00000256. The summed E-state index contributed by atoms with van der Waals surface area (Å²) >= 11 is 0. The number of carbonyl (C=O) groups is 1. The number of fused-ring (bicyclic) bond motifs is 1. The van der Waals surface area contributed by atoms with Crippen LogP contribution in [0.4, 0.5) is 0 Å². The van der Waals surface area contributed by atoms with Gasteiger partial charge in [0.15, 0.2) is 11.6 Å². The van der Waals surface area contributed by atoms with Gasteiger partial charge in [-0.25, -0.2) is 0 Å². The summed E-state index contributed by atoms with van der Waals surface area (Å²) in [6.45, 7) is 4.85. The number of guanidine groups is 1. The number of carbonyl (C=O) groups excluding carboxylic acids is 1. The lowest BCUT2D eigenvalue weighted by atomic mass is 10.3. The molecule has 2 aliphatic rings. The Hall–Kier alpha value is -1.95. The van der Waals surface area contributed by atoms with Crippen LogP contribution in [0, 0.1) is 0 Å². The number of aryl methyl sites for hydroxylation is 1. The summed E-state index contributed by atoms with van der Waals surface area (Å²) in [4.78, 5) is 20.9. The molecular formula is C20H31IN8O. The second kappa shape index (κ2) is 10.9. The summed E-state index contributed by atoms with van der Waals surface area (Å²) in [5.74, 6) is 2.07. The first-order valence-electron chi connectivity index (χ1n) is 10.5. The summed E-state index contributed by atoms with van der Waals surface area (Å²) in [6.07, 6.45) is 6.08. The maximum absolute atomic E-state index is 12.0. The van der Waals surface area contributed by atoms with Crippen LogP contribution in [0.5, 0.6) is 0 Å². The van der Waals surface area contributed by atoms with Gasteiger partial charge in [0, 0.05) is 58.4 Å².